The van der Waals surface area contributed by atoms with Gasteiger partial charge in [0, 0.05) is 6.42 Å². The Morgan fingerprint density at radius 1 is 0.933 bits per heavy atom. The number of rotatable bonds is 7. The molecule has 1 saturated heterocycles. The van der Waals surface area contributed by atoms with Crippen LogP contribution in [0.25, 0.3) is 0 Å². The third-order valence-corrected chi connectivity index (χ3v) is 10.7. The average Bonchev–Trinajstić information content (AvgIpc) is 2.95. The van der Waals surface area contributed by atoms with Gasteiger partial charge in [-0.2, -0.15) is 0 Å². The van der Waals surface area contributed by atoms with Gasteiger partial charge in [-0.3, -0.25) is 0 Å². The van der Waals surface area contributed by atoms with Crippen molar-refractivity contribution in [2.45, 2.75) is 77.1 Å². The quantitative estimate of drug-likeness (QED) is 0.681. The van der Waals surface area contributed by atoms with E-state index in [4.69, 9.17) is 13.9 Å². The first kappa shape index (κ1) is 23.2. The third-order valence-electron chi connectivity index (χ3n) is 5.74. The van der Waals surface area contributed by atoms with Crippen LogP contribution in [0.4, 0.5) is 0 Å². The lowest BCUT2D eigenvalue weighted by Gasteiger charge is -2.43. The van der Waals surface area contributed by atoms with Gasteiger partial charge in [0.2, 0.25) is 0 Å². The van der Waals surface area contributed by atoms with Crippen LogP contribution in [0.5, 0.6) is 0 Å². The molecule has 5 heteroatoms. The summed E-state index contributed by atoms with van der Waals surface area (Å²) >= 11 is 0. The Morgan fingerprint density at radius 3 is 1.83 bits per heavy atom. The predicted octanol–water partition coefficient (Wildman–Crippen LogP) is 3.85. The number of hydrogen-bond acceptors (Lipinski definition) is 4. The van der Waals surface area contributed by atoms with E-state index in [1.54, 1.807) is 6.92 Å². The molecule has 1 aliphatic heterocycles. The zero-order valence-corrected chi connectivity index (χ0v) is 20.1. The summed E-state index contributed by atoms with van der Waals surface area (Å²) < 4.78 is 19.3. The Morgan fingerprint density at radius 2 is 1.40 bits per heavy atom. The normalized spacial score (nSPS) is 22.8. The summed E-state index contributed by atoms with van der Waals surface area (Å²) in [5, 5.41) is 12.3. The second-order valence-electron chi connectivity index (χ2n) is 9.77. The van der Waals surface area contributed by atoms with E-state index in [1.807, 2.05) is 26.0 Å². The monoisotopic (exact) mass is 428 g/mol. The van der Waals surface area contributed by atoms with Gasteiger partial charge < -0.3 is 19.0 Å². The van der Waals surface area contributed by atoms with Crippen molar-refractivity contribution < 1.29 is 19.0 Å². The highest BCUT2D eigenvalue weighted by atomic mass is 28.4. The lowest BCUT2D eigenvalue weighted by Crippen LogP contribution is -2.67. The molecule has 1 fully saturated rings. The first-order chi connectivity index (χ1) is 14.1. The van der Waals surface area contributed by atoms with Crippen LogP contribution in [0.3, 0.4) is 0 Å². The number of aliphatic hydroxyl groups is 1. The second-order valence-corrected chi connectivity index (χ2v) is 14.1. The van der Waals surface area contributed by atoms with E-state index < -0.39 is 20.2 Å². The van der Waals surface area contributed by atoms with Gasteiger partial charge in [0.15, 0.2) is 5.79 Å². The fourth-order valence-corrected chi connectivity index (χ4v) is 9.12. The summed E-state index contributed by atoms with van der Waals surface area (Å²) in [5.74, 6) is -0.682. The summed E-state index contributed by atoms with van der Waals surface area (Å²) in [6.07, 6.45) is -0.351. The van der Waals surface area contributed by atoms with Crippen molar-refractivity contribution in [3.63, 3.8) is 0 Å². The molecule has 0 bridgehead atoms. The van der Waals surface area contributed by atoms with Gasteiger partial charge in [0.1, 0.15) is 6.10 Å². The van der Waals surface area contributed by atoms with Crippen molar-refractivity contribution >= 4 is 18.7 Å². The van der Waals surface area contributed by atoms with Crippen LogP contribution in [0.1, 0.15) is 48.0 Å². The van der Waals surface area contributed by atoms with Gasteiger partial charge >= 0.3 is 0 Å². The first-order valence-corrected chi connectivity index (χ1v) is 12.7. The van der Waals surface area contributed by atoms with Crippen molar-refractivity contribution in [2.75, 3.05) is 6.61 Å². The number of ether oxygens (including phenoxy) is 2. The van der Waals surface area contributed by atoms with Gasteiger partial charge in [-0.1, -0.05) is 81.4 Å². The van der Waals surface area contributed by atoms with Crippen LogP contribution in [0.2, 0.25) is 5.04 Å². The van der Waals surface area contributed by atoms with Crippen LogP contribution < -0.4 is 10.4 Å². The van der Waals surface area contributed by atoms with Gasteiger partial charge in [-0.05, 0) is 36.2 Å². The standard InChI is InChI=1S/C25H36O4Si/c1-19(26)17-22-23(29-25(5,6)28-22)18-27-30(24(2,3)4,20-13-9-7-10-14-20)21-15-11-8-12-16-21/h7-16,19,22-23,26H,17-18H2,1-6H3/t19?,22-,23+/m0/s1. The number of hydrogen-bond donors (Lipinski definition) is 1. The van der Waals surface area contributed by atoms with Crippen molar-refractivity contribution in [3.05, 3.63) is 60.7 Å². The Labute approximate surface area is 182 Å². The van der Waals surface area contributed by atoms with E-state index in [0.29, 0.717) is 13.0 Å². The Balaban J connectivity index is 1.99. The minimum atomic E-state index is -2.63. The molecule has 3 rings (SSSR count). The minimum Gasteiger partial charge on any atom is -0.405 e. The fraction of sp³-hybridized carbons (Fsp3) is 0.520. The molecular formula is C25H36O4Si. The maximum atomic E-state index is 9.95. The topological polar surface area (TPSA) is 47.9 Å². The van der Waals surface area contributed by atoms with Crippen molar-refractivity contribution in [1.82, 2.24) is 0 Å². The largest absolute Gasteiger partial charge is 0.405 e. The molecule has 1 heterocycles. The molecule has 3 atom stereocenters. The lowest BCUT2D eigenvalue weighted by atomic mass is 10.1. The van der Waals surface area contributed by atoms with E-state index in [1.165, 1.54) is 10.4 Å². The number of aliphatic hydroxyl groups excluding tert-OH is 1. The molecule has 1 unspecified atom stereocenters. The molecule has 1 N–H and O–H groups in total. The molecule has 0 spiro atoms. The molecule has 164 valence electrons. The molecule has 4 nitrogen and oxygen atoms in total. The summed E-state index contributed by atoms with van der Waals surface area (Å²) in [5.41, 5.74) is 0. The Kier molecular flexibility index (Phi) is 6.90. The average molecular weight is 429 g/mol. The maximum absolute atomic E-state index is 9.95. The highest BCUT2D eigenvalue weighted by Crippen LogP contribution is 2.38. The smallest absolute Gasteiger partial charge is 0.261 e. The molecule has 0 aliphatic carbocycles. The molecule has 30 heavy (non-hydrogen) atoms. The predicted molar refractivity (Wildman–Crippen MR) is 124 cm³/mol. The summed E-state index contributed by atoms with van der Waals surface area (Å²) in [6, 6.07) is 21.2. The van der Waals surface area contributed by atoms with Crippen LogP contribution >= 0.6 is 0 Å². The molecule has 0 radical (unpaired) electrons. The van der Waals surface area contributed by atoms with E-state index in [-0.39, 0.29) is 17.2 Å². The second kappa shape index (κ2) is 8.93. The van der Waals surface area contributed by atoms with Crippen LogP contribution in [0, 0.1) is 0 Å². The van der Waals surface area contributed by atoms with E-state index >= 15 is 0 Å². The van der Waals surface area contributed by atoms with Crippen LogP contribution in [0.15, 0.2) is 60.7 Å². The molecule has 2 aromatic carbocycles. The highest BCUT2D eigenvalue weighted by molar-refractivity contribution is 6.99. The molecule has 2 aromatic rings. The Hall–Kier alpha value is -1.50. The van der Waals surface area contributed by atoms with Crippen LogP contribution in [-0.4, -0.2) is 44.1 Å². The molecular weight excluding hydrogens is 392 g/mol. The zero-order valence-electron chi connectivity index (χ0n) is 19.1. The van der Waals surface area contributed by atoms with Gasteiger partial charge in [0.25, 0.3) is 8.32 Å². The summed E-state index contributed by atoms with van der Waals surface area (Å²) in [4.78, 5) is 0. The fourth-order valence-electron chi connectivity index (χ4n) is 4.55. The van der Waals surface area contributed by atoms with Gasteiger partial charge in [-0.25, -0.2) is 0 Å². The van der Waals surface area contributed by atoms with Crippen molar-refractivity contribution in [2.24, 2.45) is 0 Å². The highest BCUT2D eigenvalue weighted by Gasteiger charge is 2.51. The third kappa shape index (κ3) is 4.87. The Bertz CT molecular complexity index is 759. The van der Waals surface area contributed by atoms with Gasteiger partial charge in [0.05, 0.1) is 18.8 Å². The molecule has 0 amide bonds. The summed E-state index contributed by atoms with van der Waals surface area (Å²) in [6.45, 7) is 12.9. The maximum Gasteiger partial charge on any atom is 0.261 e. The first-order valence-electron chi connectivity index (χ1n) is 10.8. The van der Waals surface area contributed by atoms with Crippen molar-refractivity contribution in [1.29, 1.82) is 0 Å². The lowest BCUT2D eigenvalue weighted by molar-refractivity contribution is -0.150. The zero-order chi connectivity index (χ0) is 22.0. The molecule has 0 aromatic heterocycles. The van der Waals surface area contributed by atoms with Gasteiger partial charge in [-0.15, -0.1) is 0 Å². The van der Waals surface area contributed by atoms with E-state index in [0.717, 1.165) is 0 Å². The number of benzene rings is 2. The molecule has 1 aliphatic rings. The SMILES string of the molecule is CC(O)C[C@@H]1OC(C)(C)O[C@@H]1CO[Si](c1ccccc1)(c1ccccc1)C(C)(C)C. The molecule has 0 saturated carbocycles. The minimum absolute atomic E-state index is 0.0928. The van der Waals surface area contributed by atoms with Crippen molar-refractivity contribution in [3.8, 4) is 0 Å². The summed E-state index contributed by atoms with van der Waals surface area (Å²) in [7, 11) is -2.63. The van der Waals surface area contributed by atoms with E-state index in [9.17, 15) is 5.11 Å². The van der Waals surface area contributed by atoms with Crippen LogP contribution in [-0.2, 0) is 13.9 Å². The van der Waals surface area contributed by atoms with E-state index in [2.05, 4.69) is 69.3 Å².